The van der Waals surface area contributed by atoms with Crippen LogP contribution in [0, 0.1) is 11.3 Å². The summed E-state index contributed by atoms with van der Waals surface area (Å²) in [4.78, 5) is 14.2. The van der Waals surface area contributed by atoms with Gasteiger partial charge in [0.2, 0.25) is 0 Å². The molecular formula is C21H42N2O2. The summed E-state index contributed by atoms with van der Waals surface area (Å²) in [6.07, 6.45) is 11.3. The van der Waals surface area contributed by atoms with E-state index in [1.54, 1.807) is 0 Å². The molecule has 1 saturated heterocycles. The first-order chi connectivity index (χ1) is 11.9. The standard InChI is InChI=1S/C19H36N2O2.C2H6/c1-18(2,3)23-17(22)21-14-11-19(12-15-21,10-7-13-20)16-8-5-4-6-9-16;1-2/h16H,4-15,20H2,1-3H3;1-2H3. The molecule has 0 aromatic carbocycles. The number of nitrogens with zero attached hydrogens (tertiary/aromatic N) is 1. The van der Waals surface area contributed by atoms with Crippen molar-refractivity contribution in [2.75, 3.05) is 19.6 Å². The van der Waals surface area contributed by atoms with Gasteiger partial charge in [-0.25, -0.2) is 4.79 Å². The minimum atomic E-state index is -0.408. The largest absolute Gasteiger partial charge is 0.444 e. The van der Waals surface area contributed by atoms with Crippen molar-refractivity contribution in [1.82, 2.24) is 4.90 Å². The van der Waals surface area contributed by atoms with Gasteiger partial charge in [0, 0.05) is 13.1 Å². The molecule has 2 rings (SSSR count). The van der Waals surface area contributed by atoms with E-state index in [1.807, 2.05) is 39.5 Å². The molecule has 2 N–H and O–H groups in total. The molecule has 25 heavy (non-hydrogen) atoms. The molecule has 2 fully saturated rings. The zero-order valence-corrected chi connectivity index (χ0v) is 17.4. The van der Waals surface area contributed by atoms with Gasteiger partial charge in [-0.2, -0.15) is 0 Å². The van der Waals surface area contributed by atoms with Gasteiger partial charge in [-0.15, -0.1) is 0 Å². The van der Waals surface area contributed by atoms with Crippen molar-refractivity contribution < 1.29 is 9.53 Å². The van der Waals surface area contributed by atoms with Crippen molar-refractivity contribution in [1.29, 1.82) is 0 Å². The molecule has 1 aliphatic carbocycles. The van der Waals surface area contributed by atoms with E-state index in [2.05, 4.69) is 0 Å². The van der Waals surface area contributed by atoms with E-state index in [4.69, 9.17) is 10.5 Å². The van der Waals surface area contributed by atoms with E-state index in [1.165, 1.54) is 38.5 Å². The Hall–Kier alpha value is -0.770. The Labute approximate surface area is 155 Å². The highest BCUT2D eigenvalue weighted by molar-refractivity contribution is 5.68. The van der Waals surface area contributed by atoms with Crippen LogP contribution < -0.4 is 5.73 Å². The smallest absolute Gasteiger partial charge is 0.410 e. The second-order valence-corrected chi connectivity index (χ2v) is 8.56. The molecule has 2 aliphatic rings. The van der Waals surface area contributed by atoms with Crippen molar-refractivity contribution >= 4 is 6.09 Å². The van der Waals surface area contributed by atoms with E-state index >= 15 is 0 Å². The summed E-state index contributed by atoms with van der Waals surface area (Å²) in [5.41, 5.74) is 5.80. The average molecular weight is 355 g/mol. The zero-order chi connectivity index (χ0) is 18.9. The Bertz CT molecular complexity index is 376. The molecule has 1 heterocycles. The van der Waals surface area contributed by atoms with Gasteiger partial charge in [-0.1, -0.05) is 33.1 Å². The summed E-state index contributed by atoms with van der Waals surface area (Å²) in [5, 5.41) is 0. The van der Waals surface area contributed by atoms with Crippen LogP contribution in [0.15, 0.2) is 0 Å². The monoisotopic (exact) mass is 354 g/mol. The number of nitrogens with two attached hydrogens (primary N) is 1. The summed E-state index contributed by atoms with van der Waals surface area (Å²) >= 11 is 0. The first kappa shape index (κ1) is 22.3. The maximum atomic E-state index is 12.3. The third kappa shape index (κ3) is 6.80. The minimum Gasteiger partial charge on any atom is -0.444 e. The number of likely N-dealkylation sites (tertiary alicyclic amines) is 1. The molecule has 4 heteroatoms. The van der Waals surface area contributed by atoms with Crippen LogP contribution in [-0.4, -0.2) is 36.2 Å². The topological polar surface area (TPSA) is 55.6 Å². The lowest BCUT2D eigenvalue weighted by atomic mass is 9.62. The molecule has 0 bridgehead atoms. The Morgan fingerprint density at radius 2 is 1.68 bits per heavy atom. The molecule has 0 radical (unpaired) electrons. The molecular weight excluding hydrogens is 312 g/mol. The van der Waals surface area contributed by atoms with Crippen molar-refractivity contribution in [3.63, 3.8) is 0 Å². The number of carbonyl (C=O) groups is 1. The molecule has 148 valence electrons. The Morgan fingerprint density at radius 3 is 2.16 bits per heavy atom. The van der Waals surface area contributed by atoms with Gasteiger partial charge in [0.15, 0.2) is 0 Å². The highest BCUT2D eigenvalue weighted by Crippen LogP contribution is 2.48. The normalized spacial score (nSPS) is 21.3. The fourth-order valence-corrected chi connectivity index (χ4v) is 4.49. The second kappa shape index (κ2) is 10.4. The lowest BCUT2D eigenvalue weighted by Crippen LogP contribution is -2.48. The average Bonchev–Trinajstić information content (AvgIpc) is 2.61. The van der Waals surface area contributed by atoms with Crippen LogP contribution in [0.3, 0.4) is 0 Å². The van der Waals surface area contributed by atoms with E-state index in [0.717, 1.165) is 44.8 Å². The summed E-state index contributed by atoms with van der Waals surface area (Å²) in [6, 6.07) is 0. The quantitative estimate of drug-likeness (QED) is 0.740. The molecule has 0 atom stereocenters. The number of hydrogen-bond donors (Lipinski definition) is 1. The lowest BCUT2D eigenvalue weighted by Gasteiger charge is -2.48. The molecule has 1 amide bonds. The third-order valence-electron chi connectivity index (χ3n) is 5.76. The van der Waals surface area contributed by atoms with Crippen LogP contribution in [0.5, 0.6) is 0 Å². The predicted molar refractivity (Wildman–Crippen MR) is 106 cm³/mol. The van der Waals surface area contributed by atoms with E-state index < -0.39 is 5.60 Å². The van der Waals surface area contributed by atoms with E-state index in [-0.39, 0.29) is 6.09 Å². The third-order valence-corrected chi connectivity index (χ3v) is 5.76. The van der Waals surface area contributed by atoms with E-state index in [0.29, 0.717) is 5.41 Å². The Morgan fingerprint density at radius 1 is 1.12 bits per heavy atom. The zero-order valence-electron chi connectivity index (χ0n) is 17.4. The number of ether oxygens (including phenoxy) is 1. The van der Waals surface area contributed by atoms with Crippen LogP contribution in [0.1, 0.15) is 92.4 Å². The predicted octanol–water partition coefficient (Wildman–Crippen LogP) is 5.35. The van der Waals surface area contributed by atoms with E-state index in [9.17, 15) is 4.79 Å². The van der Waals surface area contributed by atoms with Gasteiger partial charge in [-0.05, 0) is 77.2 Å². The molecule has 0 aromatic heterocycles. The molecule has 1 saturated carbocycles. The van der Waals surface area contributed by atoms with Crippen molar-refractivity contribution in [2.45, 2.75) is 98.0 Å². The fraction of sp³-hybridized carbons (Fsp3) is 0.952. The summed E-state index contributed by atoms with van der Waals surface area (Å²) < 4.78 is 5.54. The van der Waals surface area contributed by atoms with Crippen LogP contribution in [0.2, 0.25) is 0 Å². The van der Waals surface area contributed by atoms with Gasteiger partial charge in [0.25, 0.3) is 0 Å². The van der Waals surface area contributed by atoms with Crippen molar-refractivity contribution in [3.8, 4) is 0 Å². The molecule has 1 aliphatic heterocycles. The summed E-state index contributed by atoms with van der Waals surface area (Å²) in [7, 11) is 0. The maximum Gasteiger partial charge on any atom is 0.410 e. The van der Waals surface area contributed by atoms with Crippen molar-refractivity contribution in [2.24, 2.45) is 17.1 Å². The van der Waals surface area contributed by atoms with Gasteiger partial charge in [0.1, 0.15) is 5.60 Å². The molecule has 4 nitrogen and oxygen atoms in total. The van der Waals surface area contributed by atoms with Crippen molar-refractivity contribution in [3.05, 3.63) is 0 Å². The van der Waals surface area contributed by atoms with Gasteiger partial charge in [-0.3, -0.25) is 0 Å². The number of amides is 1. The minimum absolute atomic E-state index is 0.145. The first-order valence-corrected chi connectivity index (χ1v) is 10.5. The lowest BCUT2D eigenvalue weighted by molar-refractivity contribution is -0.00943. The maximum absolute atomic E-state index is 12.3. The summed E-state index contributed by atoms with van der Waals surface area (Å²) in [5.74, 6) is 0.837. The van der Waals surface area contributed by atoms with Gasteiger partial charge < -0.3 is 15.4 Å². The highest BCUT2D eigenvalue weighted by atomic mass is 16.6. The number of carbonyl (C=O) groups excluding carboxylic acids is 1. The number of rotatable bonds is 4. The van der Waals surface area contributed by atoms with Crippen LogP contribution in [-0.2, 0) is 4.74 Å². The van der Waals surface area contributed by atoms with Gasteiger partial charge >= 0.3 is 6.09 Å². The molecule has 0 spiro atoms. The fourth-order valence-electron chi connectivity index (χ4n) is 4.49. The molecule has 0 aromatic rings. The Balaban J connectivity index is 0.00000151. The summed E-state index contributed by atoms with van der Waals surface area (Å²) in [6.45, 7) is 12.3. The second-order valence-electron chi connectivity index (χ2n) is 8.56. The molecule has 0 unspecified atom stereocenters. The SMILES string of the molecule is CC.CC(C)(C)OC(=O)N1CCC(CCCN)(C2CCCCC2)CC1. The highest BCUT2D eigenvalue weighted by Gasteiger charge is 2.42. The van der Waals surface area contributed by atoms with Crippen LogP contribution in [0.25, 0.3) is 0 Å². The Kier molecular flexibility index (Phi) is 9.26. The first-order valence-electron chi connectivity index (χ1n) is 10.5. The van der Waals surface area contributed by atoms with Crippen LogP contribution in [0.4, 0.5) is 4.79 Å². The van der Waals surface area contributed by atoms with Crippen LogP contribution >= 0.6 is 0 Å². The number of piperidine rings is 1. The van der Waals surface area contributed by atoms with Gasteiger partial charge in [0.05, 0.1) is 0 Å². The number of hydrogen-bond acceptors (Lipinski definition) is 3.